The van der Waals surface area contributed by atoms with Crippen LogP contribution in [0.25, 0.3) is 0 Å². The summed E-state index contributed by atoms with van der Waals surface area (Å²) in [7, 11) is 0.990. The summed E-state index contributed by atoms with van der Waals surface area (Å²) in [4.78, 5) is 8.58. The number of guanidine groups is 1. The molecule has 154 valence electrons. The van der Waals surface area contributed by atoms with Crippen LogP contribution < -0.4 is 10.6 Å². The van der Waals surface area contributed by atoms with Gasteiger partial charge in [0.1, 0.15) is 0 Å². The molecule has 0 saturated heterocycles. The van der Waals surface area contributed by atoms with Crippen molar-refractivity contribution >= 4 is 27.1 Å². The molecular weight excluding hydrogens is 392 g/mol. The highest BCUT2D eigenvalue weighted by Crippen LogP contribution is 2.23. The highest BCUT2D eigenvalue weighted by molar-refractivity contribution is 7.90. The van der Waals surface area contributed by atoms with E-state index in [1.807, 2.05) is 19.1 Å². The maximum Gasteiger partial charge on any atom is 0.191 e. The lowest BCUT2D eigenvalue weighted by Crippen LogP contribution is -2.39. The van der Waals surface area contributed by atoms with Crippen LogP contribution >= 0.6 is 11.3 Å². The molecule has 1 atom stereocenters. The van der Waals surface area contributed by atoms with Gasteiger partial charge < -0.3 is 15.5 Å². The molecule has 0 saturated carbocycles. The molecule has 0 fully saturated rings. The van der Waals surface area contributed by atoms with Crippen molar-refractivity contribution in [2.75, 3.05) is 40.0 Å². The maximum absolute atomic E-state index is 11.5. The van der Waals surface area contributed by atoms with Crippen molar-refractivity contribution in [2.45, 2.75) is 24.3 Å². The van der Waals surface area contributed by atoms with E-state index in [1.54, 1.807) is 23.5 Å². The Morgan fingerprint density at radius 2 is 1.89 bits per heavy atom. The molecule has 8 heteroatoms. The molecule has 1 aromatic heterocycles. The van der Waals surface area contributed by atoms with E-state index in [4.69, 9.17) is 4.99 Å². The third-order valence-corrected chi connectivity index (χ3v) is 6.42. The fraction of sp³-hybridized carbons (Fsp3) is 0.450. The van der Waals surface area contributed by atoms with Crippen molar-refractivity contribution in [1.82, 2.24) is 15.5 Å². The average molecular weight is 423 g/mol. The zero-order valence-electron chi connectivity index (χ0n) is 17.0. The minimum atomic E-state index is -3.15. The molecule has 0 aliphatic carbocycles. The normalized spacial score (nSPS) is 13.5. The summed E-state index contributed by atoms with van der Waals surface area (Å²) in [5.74, 6) is 0.790. The summed E-state index contributed by atoms with van der Waals surface area (Å²) in [6.07, 6.45) is 2.01. The van der Waals surface area contributed by atoms with Crippen LogP contribution in [0.3, 0.4) is 0 Å². The molecule has 2 rings (SSSR count). The van der Waals surface area contributed by atoms with E-state index in [9.17, 15) is 8.42 Å². The van der Waals surface area contributed by atoms with Gasteiger partial charge in [-0.05, 0) is 56.6 Å². The Kier molecular flexibility index (Phi) is 8.47. The summed E-state index contributed by atoms with van der Waals surface area (Å²) in [5.41, 5.74) is 1.08. The van der Waals surface area contributed by atoms with Crippen LogP contribution in [-0.4, -0.2) is 59.3 Å². The second kappa shape index (κ2) is 10.6. The Balaban J connectivity index is 1.94. The molecule has 0 bridgehead atoms. The quantitative estimate of drug-likeness (QED) is 0.480. The number of thiophene rings is 1. The molecule has 2 N–H and O–H groups in total. The van der Waals surface area contributed by atoms with Crippen molar-refractivity contribution in [3.8, 4) is 0 Å². The predicted molar refractivity (Wildman–Crippen MR) is 118 cm³/mol. The Morgan fingerprint density at radius 1 is 1.18 bits per heavy atom. The first-order chi connectivity index (χ1) is 13.3. The number of rotatable bonds is 9. The Labute approximate surface area is 172 Å². The summed E-state index contributed by atoms with van der Waals surface area (Å²) in [5, 5.41) is 8.73. The van der Waals surface area contributed by atoms with Gasteiger partial charge in [-0.2, -0.15) is 0 Å². The largest absolute Gasteiger partial charge is 0.357 e. The van der Waals surface area contributed by atoms with Crippen molar-refractivity contribution in [2.24, 2.45) is 4.99 Å². The number of nitrogens with zero attached hydrogens (tertiary/aromatic N) is 2. The predicted octanol–water partition coefficient (Wildman–Crippen LogP) is 2.55. The number of benzene rings is 1. The molecule has 0 radical (unpaired) electrons. The van der Waals surface area contributed by atoms with Gasteiger partial charge in [0.15, 0.2) is 15.8 Å². The second-order valence-electron chi connectivity index (χ2n) is 6.81. The Bertz CT molecular complexity index is 845. The van der Waals surface area contributed by atoms with Crippen LogP contribution in [0.15, 0.2) is 51.7 Å². The topological polar surface area (TPSA) is 73.8 Å². The molecule has 28 heavy (non-hydrogen) atoms. The van der Waals surface area contributed by atoms with Crippen molar-refractivity contribution in [3.63, 3.8) is 0 Å². The lowest BCUT2D eigenvalue weighted by molar-refractivity contribution is 0.310. The molecule has 0 aliphatic rings. The van der Waals surface area contributed by atoms with Gasteiger partial charge in [-0.15, -0.1) is 11.3 Å². The minimum Gasteiger partial charge on any atom is -0.357 e. The molecule has 0 aliphatic heterocycles. The van der Waals surface area contributed by atoms with Crippen molar-refractivity contribution < 1.29 is 8.42 Å². The lowest BCUT2D eigenvalue weighted by atomic mass is 10.1. The smallest absolute Gasteiger partial charge is 0.191 e. The van der Waals surface area contributed by atoms with Gasteiger partial charge >= 0.3 is 0 Å². The molecule has 0 amide bonds. The van der Waals surface area contributed by atoms with Gasteiger partial charge in [-0.3, -0.25) is 4.99 Å². The third-order valence-electron chi connectivity index (χ3n) is 4.32. The highest BCUT2D eigenvalue weighted by Gasteiger charge is 2.15. The van der Waals surface area contributed by atoms with Gasteiger partial charge in [-0.25, -0.2) is 8.42 Å². The van der Waals surface area contributed by atoms with Gasteiger partial charge in [0, 0.05) is 24.2 Å². The number of aliphatic imine (C=N–C) groups is 1. The van der Waals surface area contributed by atoms with E-state index in [0.29, 0.717) is 11.4 Å². The molecule has 1 heterocycles. The highest BCUT2D eigenvalue weighted by atomic mass is 32.2. The van der Waals surface area contributed by atoms with E-state index in [-0.39, 0.29) is 6.04 Å². The first-order valence-corrected chi connectivity index (χ1v) is 12.1. The van der Waals surface area contributed by atoms with E-state index < -0.39 is 9.84 Å². The van der Waals surface area contributed by atoms with Crippen LogP contribution in [0.2, 0.25) is 0 Å². The number of nitrogens with one attached hydrogen (secondary N) is 2. The minimum absolute atomic E-state index is 0.249. The van der Waals surface area contributed by atoms with Crippen LogP contribution in [-0.2, 0) is 16.3 Å². The zero-order valence-corrected chi connectivity index (χ0v) is 18.6. The molecule has 2 aromatic rings. The van der Waals surface area contributed by atoms with Crippen LogP contribution in [0.4, 0.5) is 0 Å². The fourth-order valence-corrected chi connectivity index (χ4v) is 4.28. The van der Waals surface area contributed by atoms with E-state index in [2.05, 4.69) is 47.1 Å². The summed E-state index contributed by atoms with van der Waals surface area (Å²) in [6, 6.07) is 11.5. The van der Waals surface area contributed by atoms with Gasteiger partial charge in [-0.1, -0.05) is 18.2 Å². The second-order valence-corrected chi connectivity index (χ2v) is 9.80. The van der Waals surface area contributed by atoms with Crippen LogP contribution in [0.1, 0.15) is 23.4 Å². The fourth-order valence-electron chi connectivity index (χ4n) is 2.74. The third kappa shape index (κ3) is 6.92. The van der Waals surface area contributed by atoms with Gasteiger partial charge in [0.05, 0.1) is 17.5 Å². The first kappa shape index (κ1) is 22.4. The maximum atomic E-state index is 11.5. The molecule has 1 aromatic carbocycles. The van der Waals surface area contributed by atoms with Crippen LogP contribution in [0.5, 0.6) is 0 Å². The Hall–Kier alpha value is -1.90. The number of sulfone groups is 1. The standard InChI is InChI=1S/C20H30N4O2S2/c1-5-21-20(23-15-18(24(2)3)19-7-6-14-27-19)22-13-12-16-8-10-17(11-9-16)28(4,25)26/h6-11,14,18H,5,12-13,15H2,1-4H3,(H2,21,22,23). The number of hydrogen-bond donors (Lipinski definition) is 2. The van der Waals surface area contributed by atoms with E-state index in [0.717, 1.165) is 31.0 Å². The molecule has 6 nitrogen and oxygen atoms in total. The summed E-state index contributed by atoms with van der Waals surface area (Å²) < 4.78 is 23.1. The lowest BCUT2D eigenvalue weighted by Gasteiger charge is -2.22. The van der Waals surface area contributed by atoms with E-state index in [1.165, 1.54) is 11.1 Å². The van der Waals surface area contributed by atoms with Gasteiger partial charge in [0.2, 0.25) is 0 Å². The summed E-state index contributed by atoms with van der Waals surface area (Å²) in [6.45, 7) is 4.23. The summed E-state index contributed by atoms with van der Waals surface area (Å²) >= 11 is 1.75. The van der Waals surface area contributed by atoms with Crippen molar-refractivity contribution in [1.29, 1.82) is 0 Å². The van der Waals surface area contributed by atoms with E-state index >= 15 is 0 Å². The van der Waals surface area contributed by atoms with Crippen molar-refractivity contribution in [3.05, 3.63) is 52.2 Å². The molecule has 0 spiro atoms. The molecule has 1 unspecified atom stereocenters. The number of likely N-dealkylation sites (N-methyl/N-ethyl adjacent to an activating group) is 1. The average Bonchev–Trinajstić information content (AvgIpc) is 3.15. The molecular formula is C20H30N4O2S2. The first-order valence-electron chi connectivity index (χ1n) is 9.32. The zero-order chi connectivity index (χ0) is 20.6. The van der Waals surface area contributed by atoms with Crippen LogP contribution in [0, 0.1) is 0 Å². The Morgan fingerprint density at radius 3 is 2.43 bits per heavy atom. The SMILES string of the molecule is CCNC(=NCC(c1cccs1)N(C)C)NCCc1ccc(S(C)(=O)=O)cc1. The number of hydrogen-bond acceptors (Lipinski definition) is 5. The van der Waals surface area contributed by atoms with Gasteiger partial charge in [0.25, 0.3) is 0 Å². The monoisotopic (exact) mass is 422 g/mol.